The third-order valence-electron chi connectivity index (χ3n) is 2.98. The van der Waals surface area contributed by atoms with Gasteiger partial charge in [0.05, 0.1) is 29.6 Å². The fourth-order valence-electron chi connectivity index (χ4n) is 2.12. The Labute approximate surface area is 128 Å². The van der Waals surface area contributed by atoms with Crippen molar-refractivity contribution in [2.45, 2.75) is 24.6 Å². The van der Waals surface area contributed by atoms with Crippen LogP contribution in [0, 0.1) is 13.8 Å². The Hall–Kier alpha value is -2.01. The molecular weight excluding hydrogens is 284 g/mol. The van der Waals surface area contributed by atoms with Crippen molar-refractivity contribution in [3.05, 3.63) is 52.7 Å². The van der Waals surface area contributed by atoms with Crippen molar-refractivity contribution in [2.24, 2.45) is 0 Å². The third-order valence-corrected chi connectivity index (χ3v) is 3.98. The Kier molecular flexibility index (Phi) is 4.85. The predicted octanol–water partition coefficient (Wildman–Crippen LogP) is 3.36. The lowest BCUT2D eigenvalue weighted by Crippen LogP contribution is -2.06. The number of carbonyl (C=O) groups excluding carboxylic acids is 1. The SMILES string of the molecule is COC(=O)c1cc(SCc2cc(C)cc(C)c2)ncc1N. The molecule has 1 aromatic heterocycles. The lowest BCUT2D eigenvalue weighted by Gasteiger charge is -2.07. The van der Waals surface area contributed by atoms with Crippen LogP contribution in [0.25, 0.3) is 0 Å². The Morgan fingerprint density at radius 1 is 1.24 bits per heavy atom. The van der Waals surface area contributed by atoms with Gasteiger partial charge in [-0.15, -0.1) is 11.8 Å². The van der Waals surface area contributed by atoms with E-state index in [0.717, 1.165) is 10.8 Å². The molecule has 4 nitrogen and oxygen atoms in total. The van der Waals surface area contributed by atoms with Crippen LogP contribution >= 0.6 is 11.8 Å². The van der Waals surface area contributed by atoms with Gasteiger partial charge in [0, 0.05) is 5.75 Å². The molecule has 0 saturated heterocycles. The number of thioether (sulfide) groups is 1. The Morgan fingerprint density at radius 2 is 1.90 bits per heavy atom. The van der Waals surface area contributed by atoms with E-state index in [1.165, 1.54) is 30.0 Å². The fraction of sp³-hybridized carbons (Fsp3) is 0.250. The van der Waals surface area contributed by atoms with Gasteiger partial charge in [0.2, 0.25) is 0 Å². The van der Waals surface area contributed by atoms with Gasteiger partial charge < -0.3 is 10.5 Å². The maximum atomic E-state index is 11.6. The van der Waals surface area contributed by atoms with Gasteiger partial charge in [0.15, 0.2) is 0 Å². The Morgan fingerprint density at radius 3 is 2.52 bits per heavy atom. The highest BCUT2D eigenvalue weighted by Gasteiger charge is 2.12. The van der Waals surface area contributed by atoms with E-state index in [9.17, 15) is 4.79 Å². The number of pyridine rings is 1. The van der Waals surface area contributed by atoms with Crippen LogP contribution in [0.1, 0.15) is 27.0 Å². The van der Waals surface area contributed by atoms with Gasteiger partial charge >= 0.3 is 5.97 Å². The molecule has 0 radical (unpaired) electrons. The highest BCUT2D eigenvalue weighted by atomic mass is 32.2. The number of ether oxygens (including phenoxy) is 1. The van der Waals surface area contributed by atoms with Crippen molar-refractivity contribution in [2.75, 3.05) is 12.8 Å². The molecular formula is C16H18N2O2S. The van der Waals surface area contributed by atoms with E-state index in [2.05, 4.69) is 37.0 Å². The second-order valence-corrected chi connectivity index (χ2v) is 5.88. The largest absolute Gasteiger partial charge is 0.465 e. The summed E-state index contributed by atoms with van der Waals surface area (Å²) >= 11 is 1.57. The molecule has 2 rings (SSSR count). The Balaban J connectivity index is 2.15. The molecule has 0 aliphatic rings. The number of aromatic nitrogens is 1. The number of esters is 1. The molecule has 0 atom stereocenters. The molecule has 0 fully saturated rings. The number of aryl methyl sites for hydroxylation is 2. The molecule has 0 unspecified atom stereocenters. The molecule has 0 amide bonds. The van der Waals surface area contributed by atoms with Crippen LogP contribution in [-0.2, 0) is 10.5 Å². The number of hydrogen-bond donors (Lipinski definition) is 1. The number of benzene rings is 1. The summed E-state index contributed by atoms with van der Waals surface area (Å²) in [4.78, 5) is 15.9. The minimum Gasteiger partial charge on any atom is -0.465 e. The number of hydrogen-bond acceptors (Lipinski definition) is 5. The van der Waals surface area contributed by atoms with Crippen molar-refractivity contribution in [1.82, 2.24) is 4.98 Å². The first-order valence-electron chi connectivity index (χ1n) is 6.53. The van der Waals surface area contributed by atoms with Crippen LogP contribution in [0.15, 0.2) is 35.5 Å². The first-order chi connectivity index (χ1) is 9.99. The zero-order valence-corrected chi connectivity index (χ0v) is 13.2. The average molecular weight is 302 g/mol. The van der Waals surface area contributed by atoms with Gasteiger partial charge in [0.25, 0.3) is 0 Å². The van der Waals surface area contributed by atoms with Gasteiger partial charge in [-0.25, -0.2) is 9.78 Å². The second-order valence-electron chi connectivity index (χ2n) is 4.89. The van der Waals surface area contributed by atoms with E-state index < -0.39 is 5.97 Å². The van der Waals surface area contributed by atoms with Gasteiger partial charge in [-0.2, -0.15) is 0 Å². The number of nitrogens with two attached hydrogens (primary N) is 1. The van der Waals surface area contributed by atoms with Crippen LogP contribution in [0.4, 0.5) is 5.69 Å². The molecule has 110 valence electrons. The zero-order chi connectivity index (χ0) is 15.4. The Bertz CT molecular complexity index is 651. The van der Waals surface area contributed by atoms with Crippen molar-refractivity contribution < 1.29 is 9.53 Å². The molecule has 0 saturated carbocycles. The summed E-state index contributed by atoms with van der Waals surface area (Å²) in [6.07, 6.45) is 1.50. The zero-order valence-electron chi connectivity index (χ0n) is 12.3. The van der Waals surface area contributed by atoms with E-state index in [-0.39, 0.29) is 0 Å². The minimum absolute atomic E-state index is 0.331. The standard InChI is InChI=1S/C16H18N2O2S/c1-10-4-11(2)6-12(5-10)9-21-15-7-13(16(19)20-3)14(17)8-18-15/h4-8H,9,17H2,1-3H3. The summed E-state index contributed by atoms with van der Waals surface area (Å²) in [5.41, 5.74) is 10.1. The van der Waals surface area contributed by atoms with E-state index in [1.807, 2.05) is 0 Å². The highest BCUT2D eigenvalue weighted by Crippen LogP contribution is 2.25. The van der Waals surface area contributed by atoms with Crippen LogP contribution in [0.3, 0.4) is 0 Å². The molecule has 5 heteroatoms. The summed E-state index contributed by atoms with van der Waals surface area (Å²) < 4.78 is 4.71. The van der Waals surface area contributed by atoms with Crippen molar-refractivity contribution >= 4 is 23.4 Å². The maximum absolute atomic E-state index is 11.6. The van der Waals surface area contributed by atoms with Crippen LogP contribution in [-0.4, -0.2) is 18.1 Å². The average Bonchev–Trinajstić information content (AvgIpc) is 2.44. The summed E-state index contributed by atoms with van der Waals surface area (Å²) in [6, 6.07) is 8.12. The lowest BCUT2D eigenvalue weighted by molar-refractivity contribution is 0.0601. The van der Waals surface area contributed by atoms with Crippen LogP contribution in [0.5, 0.6) is 0 Å². The van der Waals surface area contributed by atoms with Crippen molar-refractivity contribution in [1.29, 1.82) is 0 Å². The van der Waals surface area contributed by atoms with Crippen LogP contribution < -0.4 is 5.73 Å². The first kappa shape index (κ1) is 15.4. The first-order valence-corrected chi connectivity index (χ1v) is 7.52. The van der Waals surface area contributed by atoms with E-state index in [1.54, 1.807) is 17.8 Å². The second kappa shape index (κ2) is 6.63. The summed E-state index contributed by atoms with van der Waals surface area (Å²) in [5.74, 6) is 0.350. The summed E-state index contributed by atoms with van der Waals surface area (Å²) in [7, 11) is 1.34. The molecule has 2 N–H and O–H groups in total. The quantitative estimate of drug-likeness (QED) is 0.693. The molecule has 0 spiro atoms. The lowest BCUT2D eigenvalue weighted by atomic mass is 10.1. The molecule has 0 bridgehead atoms. The van der Waals surface area contributed by atoms with Gasteiger partial charge in [0.1, 0.15) is 0 Å². The van der Waals surface area contributed by atoms with Gasteiger partial charge in [-0.05, 0) is 25.5 Å². The van der Waals surface area contributed by atoms with Crippen LogP contribution in [0.2, 0.25) is 0 Å². The number of rotatable bonds is 4. The molecule has 21 heavy (non-hydrogen) atoms. The number of methoxy groups -OCH3 is 1. The number of anilines is 1. The maximum Gasteiger partial charge on any atom is 0.340 e. The molecule has 1 aromatic carbocycles. The normalized spacial score (nSPS) is 10.4. The number of carbonyl (C=O) groups is 1. The topological polar surface area (TPSA) is 65.2 Å². The van der Waals surface area contributed by atoms with E-state index >= 15 is 0 Å². The summed E-state index contributed by atoms with van der Waals surface area (Å²) in [5, 5.41) is 0.753. The molecule has 1 heterocycles. The summed E-state index contributed by atoms with van der Waals surface area (Å²) in [6.45, 7) is 4.16. The third kappa shape index (κ3) is 3.98. The van der Waals surface area contributed by atoms with Gasteiger partial charge in [-0.1, -0.05) is 29.3 Å². The van der Waals surface area contributed by atoms with E-state index in [0.29, 0.717) is 11.3 Å². The molecule has 2 aromatic rings. The minimum atomic E-state index is -0.442. The van der Waals surface area contributed by atoms with E-state index in [4.69, 9.17) is 10.5 Å². The molecule has 0 aliphatic heterocycles. The molecule has 0 aliphatic carbocycles. The monoisotopic (exact) mass is 302 g/mol. The number of nitrogen functional groups attached to an aromatic ring is 1. The van der Waals surface area contributed by atoms with Gasteiger partial charge in [-0.3, -0.25) is 0 Å². The fourth-order valence-corrected chi connectivity index (χ4v) is 2.93. The van der Waals surface area contributed by atoms with Crippen molar-refractivity contribution in [3.8, 4) is 0 Å². The smallest absolute Gasteiger partial charge is 0.340 e. The predicted molar refractivity (Wildman–Crippen MR) is 85.5 cm³/mol. The number of nitrogens with zero attached hydrogens (tertiary/aromatic N) is 1. The van der Waals surface area contributed by atoms with Crippen molar-refractivity contribution in [3.63, 3.8) is 0 Å². The highest BCUT2D eigenvalue weighted by molar-refractivity contribution is 7.98.